The van der Waals surface area contributed by atoms with E-state index in [1.54, 1.807) is 4.98 Å². The van der Waals surface area contributed by atoms with Crippen molar-refractivity contribution < 1.29 is 14.3 Å². The first kappa shape index (κ1) is 10.2. The fourth-order valence-electron chi connectivity index (χ4n) is 0.867. The molecule has 1 aromatic rings. The van der Waals surface area contributed by atoms with Crippen LogP contribution < -0.4 is 11.2 Å². The molecule has 7 heteroatoms. The summed E-state index contributed by atoms with van der Waals surface area (Å²) >= 11 is 0. The van der Waals surface area contributed by atoms with Crippen LogP contribution in [-0.4, -0.2) is 20.6 Å². The number of hydrogen-bond donors (Lipinski definition) is 2. The Balaban J connectivity index is 3.37. The summed E-state index contributed by atoms with van der Waals surface area (Å²) in [6.07, 6.45) is 0.569. The molecule has 1 unspecified atom stereocenters. The third kappa shape index (κ3) is 1.70. The van der Waals surface area contributed by atoms with Crippen LogP contribution in [0.5, 0.6) is 0 Å². The standard InChI is InChI=1S/C7H7FN2O4/c1-3(6(12)13)10-2-4(8)5(11)9-7(10)14/h2-3H,1H3,(H,12,13)(H,9,11,14). The second-order valence-electron chi connectivity index (χ2n) is 2.66. The molecule has 14 heavy (non-hydrogen) atoms. The second kappa shape index (κ2) is 3.44. The lowest BCUT2D eigenvalue weighted by atomic mass is 10.3. The number of nitrogens with one attached hydrogen (secondary N) is 1. The second-order valence-corrected chi connectivity index (χ2v) is 2.66. The van der Waals surface area contributed by atoms with E-state index >= 15 is 0 Å². The summed E-state index contributed by atoms with van der Waals surface area (Å²) in [5, 5.41) is 8.55. The molecule has 0 aliphatic rings. The quantitative estimate of drug-likeness (QED) is 0.664. The zero-order valence-electron chi connectivity index (χ0n) is 7.15. The van der Waals surface area contributed by atoms with Crippen LogP contribution in [0.2, 0.25) is 0 Å². The Morgan fingerprint density at radius 2 is 2.21 bits per heavy atom. The molecule has 0 fully saturated rings. The largest absolute Gasteiger partial charge is 0.480 e. The minimum Gasteiger partial charge on any atom is -0.480 e. The van der Waals surface area contributed by atoms with Gasteiger partial charge in [0, 0.05) is 0 Å². The first-order chi connectivity index (χ1) is 6.43. The van der Waals surface area contributed by atoms with Crippen LogP contribution in [0, 0.1) is 5.82 Å². The lowest BCUT2D eigenvalue weighted by molar-refractivity contribution is -0.140. The van der Waals surface area contributed by atoms with E-state index in [2.05, 4.69) is 0 Å². The van der Waals surface area contributed by atoms with Crippen molar-refractivity contribution in [2.24, 2.45) is 0 Å². The topological polar surface area (TPSA) is 92.2 Å². The number of carboxylic acid groups (broad SMARTS) is 1. The van der Waals surface area contributed by atoms with Gasteiger partial charge >= 0.3 is 11.7 Å². The Bertz CT molecular complexity index is 475. The van der Waals surface area contributed by atoms with Gasteiger partial charge in [0.25, 0.3) is 5.56 Å². The van der Waals surface area contributed by atoms with E-state index in [1.807, 2.05) is 0 Å². The van der Waals surface area contributed by atoms with Crippen molar-refractivity contribution >= 4 is 5.97 Å². The van der Waals surface area contributed by atoms with Gasteiger partial charge in [0.05, 0.1) is 6.20 Å². The minimum atomic E-state index is -1.29. The number of halogens is 1. The number of aromatic nitrogens is 2. The lowest BCUT2D eigenvalue weighted by Gasteiger charge is -2.08. The van der Waals surface area contributed by atoms with Crippen LogP contribution in [0.15, 0.2) is 15.8 Å². The highest BCUT2D eigenvalue weighted by Gasteiger charge is 2.16. The monoisotopic (exact) mass is 202 g/mol. The van der Waals surface area contributed by atoms with Gasteiger partial charge < -0.3 is 5.11 Å². The first-order valence-corrected chi connectivity index (χ1v) is 3.67. The molecule has 1 atom stereocenters. The van der Waals surface area contributed by atoms with Gasteiger partial charge in [0.15, 0.2) is 0 Å². The smallest absolute Gasteiger partial charge is 0.329 e. The number of carbonyl (C=O) groups is 1. The average Bonchev–Trinajstić information content (AvgIpc) is 2.10. The van der Waals surface area contributed by atoms with E-state index in [4.69, 9.17) is 5.11 Å². The molecule has 2 N–H and O–H groups in total. The summed E-state index contributed by atoms with van der Waals surface area (Å²) in [6.45, 7) is 1.20. The van der Waals surface area contributed by atoms with Crippen molar-refractivity contribution in [3.8, 4) is 0 Å². The highest BCUT2D eigenvalue weighted by atomic mass is 19.1. The molecule has 76 valence electrons. The van der Waals surface area contributed by atoms with Crippen molar-refractivity contribution in [3.05, 3.63) is 32.9 Å². The number of rotatable bonds is 2. The normalized spacial score (nSPS) is 12.4. The molecule has 1 heterocycles. The Kier molecular flexibility index (Phi) is 2.50. The molecule has 0 aromatic carbocycles. The fourth-order valence-corrected chi connectivity index (χ4v) is 0.867. The maximum Gasteiger partial charge on any atom is 0.329 e. The maximum atomic E-state index is 12.7. The summed E-state index contributed by atoms with van der Waals surface area (Å²) < 4.78 is 13.3. The number of hydrogen-bond acceptors (Lipinski definition) is 3. The van der Waals surface area contributed by atoms with E-state index in [-0.39, 0.29) is 0 Å². The molecule has 0 spiro atoms. The van der Waals surface area contributed by atoms with Crippen LogP contribution >= 0.6 is 0 Å². The van der Waals surface area contributed by atoms with Gasteiger partial charge in [-0.2, -0.15) is 4.39 Å². The summed E-state index contributed by atoms with van der Waals surface area (Å²) in [6, 6.07) is -1.23. The van der Waals surface area contributed by atoms with E-state index in [0.717, 1.165) is 0 Å². The number of aromatic amines is 1. The Hall–Kier alpha value is -1.92. The minimum absolute atomic E-state index is 0.569. The zero-order valence-corrected chi connectivity index (χ0v) is 7.15. The Morgan fingerprint density at radius 1 is 1.64 bits per heavy atom. The van der Waals surface area contributed by atoms with Gasteiger partial charge in [-0.3, -0.25) is 14.3 Å². The van der Waals surface area contributed by atoms with Crippen LogP contribution in [0.25, 0.3) is 0 Å². The molecule has 0 bridgehead atoms. The zero-order chi connectivity index (χ0) is 10.9. The van der Waals surface area contributed by atoms with Gasteiger partial charge in [-0.1, -0.05) is 0 Å². The number of H-pyrrole nitrogens is 1. The molecule has 0 amide bonds. The fraction of sp³-hybridized carbons (Fsp3) is 0.286. The van der Waals surface area contributed by atoms with Gasteiger partial charge in [-0.15, -0.1) is 0 Å². The SMILES string of the molecule is CC(C(=O)O)n1cc(F)c(=O)[nH]c1=O. The third-order valence-corrected chi connectivity index (χ3v) is 1.70. The lowest BCUT2D eigenvalue weighted by Crippen LogP contribution is -2.35. The maximum absolute atomic E-state index is 12.7. The van der Waals surface area contributed by atoms with Crippen LogP contribution in [-0.2, 0) is 4.79 Å². The molecule has 0 saturated carbocycles. The first-order valence-electron chi connectivity index (χ1n) is 3.67. The van der Waals surface area contributed by atoms with Crippen LogP contribution in [0.4, 0.5) is 4.39 Å². The average molecular weight is 202 g/mol. The third-order valence-electron chi connectivity index (χ3n) is 1.70. The van der Waals surface area contributed by atoms with E-state index in [9.17, 15) is 18.8 Å². The molecule has 0 radical (unpaired) electrons. The molecular weight excluding hydrogens is 195 g/mol. The highest BCUT2D eigenvalue weighted by molar-refractivity contribution is 5.71. The molecular formula is C7H7FN2O4. The van der Waals surface area contributed by atoms with Crippen molar-refractivity contribution in [1.29, 1.82) is 0 Å². The molecule has 0 aliphatic carbocycles. The Morgan fingerprint density at radius 3 is 2.71 bits per heavy atom. The van der Waals surface area contributed by atoms with E-state index in [0.29, 0.717) is 10.8 Å². The van der Waals surface area contributed by atoms with Gasteiger partial charge in [0.1, 0.15) is 6.04 Å². The highest BCUT2D eigenvalue weighted by Crippen LogP contribution is 2.00. The predicted molar refractivity (Wildman–Crippen MR) is 43.6 cm³/mol. The van der Waals surface area contributed by atoms with Gasteiger partial charge in [-0.05, 0) is 6.92 Å². The van der Waals surface area contributed by atoms with Crippen LogP contribution in [0.3, 0.4) is 0 Å². The van der Waals surface area contributed by atoms with Crippen molar-refractivity contribution in [3.63, 3.8) is 0 Å². The summed E-state index contributed by atoms with van der Waals surface area (Å²) in [7, 11) is 0. The van der Waals surface area contributed by atoms with Crippen molar-refractivity contribution in [2.45, 2.75) is 13.0 Å². The summed E-state index contributed by atoms with van der Waals surface area (Å²) in [5.74, 6) is -2.49. The number of carboxylic acids is 1. The summed E-state index contributed by atoms with van der Waals surface area (Å²) in [5.41, 5.74) is -2.12. The number of aliphatic carboxylic acids is 1. The van der Waals surface area contributed by atoms with Gasteiger partial charge in [-0.25, -0.2) is 9.59 Å². The Labute approximate surface area is 76.6 Å². The van der Waals surface area contributed by atoms with Crippen LogP contribution in [0.1, 0.15) is 13.0 Å². The molecule has 0 saturated heterocycles. The van der Waals surface area contributed by atoms with Crippen molar-refractivity contribution in [2.75, 3.05) is 0 Å². The molecule has 6 nitrogen and oxygen atoms in total. The molecule has 1 rings (SSSR count). The van der Waals surface area contributed by atoms with Gasteiger partial charge in [0.2, 0.25) is 5.82 Å². The van der Waals surface area contributed by atoms with E-state index in [1.165, 1.54) is 6.92 Å². The number of nitrogens with zero attached hydrogens (tertiary/aromatic N) is 1. The van der Waals surface area contributed by atoms with E-state index < -0.39 is 29.1 Å². The predicted octanol–water partition coefficient (Wildman–Crippen LogP) is -0.679. The molecule has 0 aliphatic heterocycles. The molecule has 1 aromatic heterocycles. The van der Waals surface area contributed by atoms with Crippen molar-refractivity contribution in [1.82, 2.24) is 9.55 Å². The summed E-state index contributed by atoms with van der Waals surface area (Å²) in [4.78, 5) is 33.7.